The first-order valence-corrected chi connectivity index (χ1v) is 14.0. The maximum atomic E-state index is 12.1. The molecular formula is C27H30N6O2S2. The van der Waals surface area contributed by atoms with Crippen LogP contribution in [-0.4, -0.2) is 30.6 Å². The molecule has 0 amide bonds. The van der Waals surface area contributed by atoms with Gasteiger partial charge in [-0.15, -0.1) is 21.6 Å². The van der Waals surface area contributed by atoms with Crippen molar-refractivity contribution in [2.24, 2.45) is 20.5 Å². The van der Waals surface area contributed by atoms with Crippen LogP contribution in [0.1, 0.15) is 48.8 Å². The van der Waals surface area contributed by atoms with Crippen molar-refractivity contribution in [3.63, 3.8) is 0 Å². The molecule has 192 valence electrons. The van der Waals surface area contributed by atoms with E-state index in [4.69, 9.17) is 4.74 Å². The van der Waals surface area contributed by atoms with E-state index in [1.165, 1.54) is 33.9 Å². The number of aromatic nitrogens is 1. The third-order valence-electron chi connectivity index (χ3n) is 5.68. The Balaban J connectivity index is 1.37. The summed E-state index contributed by atoms with van der Waals surface area (Å²) in [5, 5.41) is 17.8. The lowest BCUT2D eigenvalue weighted by molar-refractivity contribution is 0.0505. The van der Waals surface area contributed by atoms with Crippen LogP contribution in [0.25, 0.3) is 9.53 Å². The molecule has 2 heterocycles. The van der Waals surface area contributed by atoms with Crippen molar-refractivity contribution in [1.82, 2.24) is 4.98 Å². The minimum atomic E-state index is -0.296. The molecule has 0 saturated carbocycles. The molecule has 0 unspecified atom stereocenters. The number of unbranched alkanes of at least 4 members (excludes halogenated alkanes) is 1. The Morgan fingerprint density at radius 1 is 0.892 bits per heavy atom. The first kappa shape index (κ1) is 26.6. The van der Waals surface area contributed by atoms with Crippen LogP contribution in [0.5, 0.6) is 0 Å². The number of carbonyl (C=O) groups is 1. The zero-order valence-corrected chi connectivity index (χ0v) is 23.1. The molecule has 8 nitrogen and oxygen atoms in total. The van der Waals surface area contributed by atoms with E-state index in [2.05, 4.69) is 70.2 Å². The number of anilines is 1. The molecule has 0 aliphatic carbocycles. The number of thiazole rings is 1. The Hall–Kier alpha value is -3.50. The highest BCUT2D eigenvalue weighted by atomic mass is 32.1. The van der Waals surface area contributed by atoms with Gasteiger partial charge in [-0.2, -0.15) is 10.2 Å². The number of hydrogen-bond acceptors (Lipinski definition) is 10. The zero-order chi connectivity index (χ0) is 26.2. The Bertz CT molecular complexity index is 1370. The van der Waals surface area contributed by atoms with Gasteiger partial charge in [0.1, 0.15) is 9.71 Å². The van der Waals surface area contributed by atoms with Gasteiger partial charge < -0.3 is 9.64 Å². The number of fused-ring (bicyclic) bond motifs is 1. The van der Waals surface area contributed by atoms with E-state index in [1.807, 2.05) is 36.4 Å². The Kier molecular flexibility index (Phi) is 9.08. The molecule has 2 aromatic heterocycles. The molecule has 0 bridgehead atoms. The molecule has 0 fully saturated rings. The first-order chi connectivity index (χ1) is 18.0. The minimum Gasteiger partial charge on any atom is -0.462 e. The summed E-state index contributed by atoms with van der Waals surface area (Å²) < 4.78 is 6.17. The number of ether oxygens (including phenoxy) is 1. The molecule has 0 aliphatic rings. The van der Waals surface area contributed by atoms with Crippen molar-refractivity contribution in [1.29, 1.82) is 0 Å². The molecule has 0 saturated heterocycles. The fourth-order valence-corrected chi connectivity index (χ4v) is 5.60. The average molecular weight is 535 g/mol. The van der Waals surface area contributed by atoms with Gasteiger partial charge in [0.25, 0.3) is 0 Å². The van der Waals surface area contributed by atoms with Gasteiger partial charge in [0.05, 0.1) is 28.4 Å². The highest BCUT2D eigenvalue weighted by molar-refractivity contribution is 7.29. The zero-order valence-electron chi connectivity index (χ0n) is 21.5. The van der Waals surface area contributed by atoms with E-state index >= 15 is 0 Å². The van der Waals surface area contributed by atoms with Gasteiger partial charge in [0, 0.05) is 18.8 Å². The lowest BCUT2D eigenvalue weighted by Gasteiger charge is -2.23. The van der Waals surface area contributed by atoms with Crippen molar-refractivity contribution in [3.8, 4) is 0 Å². The summed E-state index contributed by atoms with van der Waals surface area (Å²) in [5.74, 6) is -0.296. The lowest BCUT2D eigenvalue weighted by Crippen LogP contribution is -2.22. The molecule has 0 aliphatic heterocycles. The van der Waals surface area contributed by atoms with Crippen LogP contribution in [-0.2, 0) is 4.74 Å². The summed E-state index contributed by atoms with van der Waals surface area (Å²) in [4.78, 5) is 20.2. The minimum absolute atomic E-state index is 0.296. The number of rotatable bonds is 11. The summed E-state index contributed by atoms with van der Waals surface area (Å²) in [6, 6.07) is 15.3. The second-order valence-electron chi connectivity index (χ2n) is 8.33. The Morgan fingerprint density at radius 3 is 2.16 bits per heavy atom. The van der Waals surface area contributed by atoms with Gasteiger partial charge in [-0.3, -0.25) is 0 Å². The van der Waals surface area contributed by atoms with Crippen molar-refractivity contribution >= 4 is 66.1 Å². The molecule has 0 N–H and O–H groups in total. The van der Waals surface area contributed by atoms with Gasteiger partial charge in [-0.25, -0.2) is 9.78 Å². The van der Waals surface area contributed by atoms with Crippen LogP contribution in [0.3, 0.4) is 0 Å². The highest BCUT2D eigenvalue weighted by Gasteiger charge is 2.15. The number of benzene rings is 2. The van der Waals surface area contributed by atoms with Gasteiger partial charge in [0.15, 0.2) is 0 Å². The van der Waals surface area contributed by atoms with Gasteiger partial charge in [0.2, 0.25) is 5.13 Å². The summed E-state index contributed by atoms with van der Waals surface area (Å²) in [6.45, 7) is 10.9. The Morgan fingerprint density at radius 2 is 1.54 bits per heavy atom. The molecule has 0 radical (unpaired) electrons. The molecule has 0 atom stereocenters. The summed E-state index contributed by atoms with van der Waals surface area (Å²) in [5.41, 5.74) is 4.65. The van der Waals surface area contributed by atoms with E-state index in [0.29, 0.717) is 22.3 Å². The third kappa shape index (κ3) is 6.84. The molecule has 37 heavy (non-hydrogen) atoms. The second-order valence-corrected chi connectivity index (χ2v) is 10.4. The molecule has 0 spiro atoms. The fourth-order valence-electron chi connectivity index (χ4n) is 3.67. The fraction of sp³-hybridized carbons (Fsp3) is 0.333. The third-order valence-corrected chi connectivity index (χ3v) is 7.70. The van der Waals surface area contributed by atoms with Crippen LogP contribution < -0.4 is 4.90 Å². The smallest absolute Gasteiger partial charge is 0.348 e. The number of thiophene rings is 1. The van der Waals surface area contributed by atoms with E-state index in [-0.39, 0.29) is 5.97 Å². The van der Waals surface area contributed by atoms with Crippen LogP contribution in [0.4, 0.5) is 27.9 Å². The number of carbonyl (C=O) groups excluding carboxylic acids is 1. The predicted octanol–water partition coefficient (Wildman–Crippen LogP) is 9.30. The van der Waals surface area contributed by atoms with E-state index in [0.717, 1.165) is 46.8 Å². The molecule has 4 rings (SSSR count). The predicted molar refractivity (Wildman–Crippen MR) is 152 cm³/mol. The normalized spacial score (nSPS) is 11.7. The topological polar surface area (TPSA) is 91.9 Å². The first-order valence-electron chi connectivity index (χ1n) is 12.4. The van der Waals surface area contributed by atoms with Crippen molar-refractivity contribution in [2.75, 3.05) is 24.6 Å². The largest absolute Gasteiger partial charge is 0.462 e. The number of esters is 1. The second kappa shape index (κ2) is 12.6. The molecule has 2 aromatic carbocycles. The molecule has 10 heteroatoms. The average Bonchev–Trinajstić information content (AvgIpc) is 3.48. The SMILES string of the molecule is CCCCOC(=O)c1cc2sc(N=Nc3ccc(N=Nc4ccc(N(CC)CC)c(C)c4)cc3)nc2s1. The van der Waals surface area contributed by atoms with Crippen molar-refractivity contribution in [2.45, 2.75) is 40.5 Å². The van der Waals surface area contributed by atoms with E-state index in [1.54, 1.807) is 0 Å². The number of nitrogens with zero attached hydrogens (tertiary/aromatic N) is 6. The van der Waals surface area contributed by atoms with E-state index < -0.39 is 0 Å². The van der Waals surface area contributed by atoms with Crippen LogP contribution >= 0.6 is 22.7 Å². The summed E-state index contributed by atoms with van der Waals surface area (Å²) >= 11 is 2.71. The lowest BCUT2D eigenvalue weighted by atomic mass is 10.1. The monoisotopic (exact) mass is 534 g/mol. The number of azo groups is 2. The van der Waals surface area contributed by atoms with Crippen LogP contribution in [0.15, 0.2) is 69.0 Å². The Labute approximate surface area is 224 Å². The summed E-state index contributed by atoms with van der Waals surface area (Å²) in [6.07, 6.45) is 1.85. The van der Waals surface area contributed by atoms with Crippen LogP contribution in [0.2, 0.25) is 0 Å². The standard InChI is InChI=1S/C27H30N6O2S2/c1-5-8-15-35-26(34)24-17-23-25(36-24)28-27(37-23)32-30-20-11-9-19(10-12-20)29-31-21-13-14-22(18(4)16-21)33(6-2)7-3/h9-14,16-17H,5-8,15H2,1-4H3. The quantitative estimate of drug-likeness (QED) is 0.109. The van der Waals surface area contributed by atoms with Crippen LogP contribution in [0, 0.1) is 6.92 Å². The maximum Gasteiger partial charge on any atom is 0.348 e. The maximum absolute atomic E-state index is 12.1. The van der Waals surface area contributed by atoms with Crippen molar-refractivity contribution in [3.05, 3.63) is 59.0 Å². The van der Waals surface area contributed by atoms with Gasteiger partial charge in [-0.1, -0.05) is 24.7 Å². The summed E-state index contributed by atoms with van der Waals surface area (Å²) in [7, 11) is 0. The number of hydrogen-bond donors (Lipinski definition) is 0. The van der Waals surface area contributed by atoms with Crippen molar-refractivity contribution < 1.29 is 9.53 Å². The van der Waals surface area contributed by atoms with E-state index in [9.17, 15) is 4.79 Å². The van der Waals surface area contributed by atoms with Gasteiger partial charge in [-0.05, 0) is 81.3 Å². The molecule has 4 aromatic rings. The highest BCUT2D eigenvalue weighted by Crippen LogP contribution is 2.35. The van der Waals surface area contributed by atoms with Gasteiger partial charge >= 0.3 is 5.97 Å². The number of aryl methyl sites for hydroxylation is 1. The molecular weight excluding hydrogens is 504 g/mol.